The summed E-state index contributed by atoms with van der Waals surface area (Å²) < 4.78 is 0. The minimum atomic E-state index is -0.454. The average molecular weight is 364 g/mol. The number of nitrogens with zero attached hydrogens (tertiary/aromatic N) is 1. The molecule has 0 bridgehead atoms. The van der Waals surface area contributed by atoms with Gasteiger partial charge in [-0.2, -0.15) is 5.10 Å². The molecule has 2 rings (SSSR count). The summed E-state index contributed by atoms with van der Waals surface area (Å²) in [6, 6.07) is 12.1. The highest BCUT2D eigenvalue weighted by Crippen LogP contribution is 2.23. The third-order valence-corrected chi connectivity index (χ3v) is 3.93. The van der Waals surface area contributed by atoms with E-state index in [4.69, 9.17) is 23.2 Å². The van der Waals surface area contributed by atoms with E-state index in [0.717, 1.165) is 5.56 Å². The Balaban J connectivity index is 1.83. The van der Waals surface area contributed by atoms with Gasteiger partial charge in [-0.3, -0.25) is 9.59 Å². The number of hydrogen-bond acceptors (Lipinski definition) is 3. The van der Waals surface area contributed by atoms with Crippen LogP contribution in [0.25, 0.3) is 0 Å². The summed E-state index contributed by atoms with van der Waals surface area (Å²) in [6.07, 6.45) is 1.38. The van der Waals surface area contributed by atoms with Crippen molar-refractivity contribution in [3.05, 3.63) is 69.2 Å². The molecule has 2 aromatic carbocycles. The first-order valence-corrected chi connectivity index (χ1v) is 7.84. The first-order valence-electron chi connectivity index (χ1n) is 7.08. The van der Waals surface area contributed by atoms with Crippen molar-refractivity contribution in [1.29, 1.82) is 0 Å². The van der Waals surface area contributed by atoms with Crippen molar-refractivity contribution in [2.24, 2.45) is 5.10 Å². The van der Waals surface area contributed by atoms with Crippen LogP contribution in [0.1, 0.15) is 21.5 Å². The fourth-order valence-electron chi connectivity index (χ4n) is 1.80. The number of aryl methyl sites for hydroxylation is 1. The smallest absolute Gasteiger partial charge is 0.259 e. The Kier molecular flexibility index (Phi) is 6.35. The second-order valence-corrected chi connectivity index (χ2v) is 5.77. The molecule has 0 aliphatic rings. The fourth-order valence-corrected chi connectivity index (χ4v) is 2.16. The van der Waals surface area contributed by atoms with Crippen LogP contribution >= 0.6 is 23.2 Å². The molecule has 0 heterocycles. The van der Waals surface area contributed by atoms with E-state index in [1.807, 2.05) is 19.1 Å². The molecule has 5 nitrogen and oxygen atoms in total. The highest BCUT2D eigenvalue weighted by Gasteiger charge is 2.07. The SMILES string of the molecule is Cc1ccc(C(=O)NCC(=O)NN=Cc2cccc(Cl)c2Cl)cc1. The molecule has 2 aromatic rings. The Bertz CT molecular complexity index is 774. The summed E-state index contributed by atoms with van der Waals surface area (Å²) in [5.41, 5.74) is 4.43. The number of nitrogens with one attached hydrogen (secondary N) is 2. The van der Waals surface area contributed by atoms with Gasteiger partial charge >= 0.3 is 0 Å². The minimum absolute atomic E-state index is 0.187. The topological polar surface area (TPSA) is 70.6 Å². The van der Waals surface area contributed by atoms with E-state index in [2.05, 4.69) is 15.8 Å². The van der Waals surface area contributed by atoms with Crippen molar-refractivity contribution in [2.75, 3.05) is 6.54 Å². The van der Waals surface area contributed by atoms with Gasteiger partial charge in [-0.15, -0.1) is 0 Å². The van der Waals surface area contributed by atoms with E-state index >= 15 is 0 Å². The van der Waals surface area contributed by atoms with E-state index in [1.54, 1.807) is 30.3 Å². The molecule has 24 heavy (non-hydrogen) atoms. The lowest BCUT2D eigenvalue weighted by Crippen LogP contribution is -2.34. The molecule has 0 radical (unpaired) electrons. The van der Waals surface area contributed by atoms with Crippen molar-refractivity contribution >= 4 is 41.2 Å². The summed E-state index contributed by atoms with van der Waals surface area (Å²) >= 11 is 11.9. The van der Waals surface area contributed by atoms with Crippen LogP contribution in [0.3, 0.4) is 0 Å². The summed E-state index contributed by atoms with van der Waals surface area (Å²) in [5, 5.41) is 7.05. The molecular weight excluding hydrogens is 349 g/mol. The zero-order valence-corrected chi connectivity index (χ0v) is 14.4. The molecule has 0 fully saturated rings. The Morgan fingerprint density at radius 3 is 2.54 bits per heavy atom. The van der Waals surface area contributed by atoms with E-state index < -0.39 is 5.91 Å². The molecule has 0 saturated heterocycles. The number of amides is 2. The molecule has 0 saturated carbocycles. The second kappa shape index (κ2) is 8.47. The third kappa shape index (κ3) is 5.08. The molecule has 124 valence electrons. The zero-order chi connectivity index (χ0) is 17.5. The molecule has 0 spiro atoms. The normalized spacial score (nSPS) is 10.6. The summed E-state index contributed by atoms with van der Waals surface area (Å²) in [5.74, 6) is -0.781. The van der Waals surface area contributed by atoms with Crippen LogP contribution in [0.15, 0.2) is 47.6 Å². The van der Waals surface area contributed by atoms with Gasteiger partial charge in [0.15, 0.2) is 0 Å². The lowest BCUT2D eigenvalue weighted by molar-refractivity contribution is -0.120. The average Bonchev–Trinajstić information content (AvgIpc) is 2.57. The monoisotopic (exact) mass is 363 g/mol. The quantitative estimate of drug-likeness (QED) is 0.632. The van der Waals surface area contributed by atoms with Crippen LogP contribution in [-0.2, 0) is 4.79 Å². The number of benzene rings is 2. The summed E-state index contributed by atoms with van der Waals surface area (Å²) in [6.45, 7) is 1.74. The Labute approximate surface area is 149 Å². The highest BCUT2D eigenvalue weighted by molar-refractivity contribution is 6.43. The Morgan fingerprint density at radius 1 is 1.12 bits per heavy atom. The first-order chi connectivity index (χ1) is 11.5. The van der Waals surface area contributed by atoms with Gasteiger partial charge in [-0.1, -0.05) is 53.0 Å². The number of hydrogen-bond donors (Lipinski definition) is 2. The summed E-state index contributed by atoms with van der Waals surface area (Å²) in [7, 11) is 0. The Hall–Kier alpha value is -2.37. The van der Waals surface area contributed by atoms with Crippen molar-refractivity contribution in [1.82, 2.24) is 10.7 Å². The molecule has 0 aromatic heterocycles. The van der Waals surface area contributed by atoms with Crippen molar-refractivity contribution in [3.63, 3.8) is 0 Å². The minimum Gasteiger partial charge on any atom is -0.343 e. The van der Waals surface area contributed by atoms with Crippen LogP contribution in [0.4, 0.5) is 0 Å². The van der Waals surface area contributed by atoms with Gasteiger partial charge in [-0.05, 0) is 25.1 Å². The van der Waals surface area contributed by atoms with Gasteiger partial charge in [0.05, 0.1) is 22.8 Å². The zero-order valence-electron chi connectivity index (χ0n) is 12.8. The number of halogens is 2. The second-order valence-electron chi connectivity index (χ2n) is 4.98. The molecule has 0 unspecified atom stereocenters. The maximum absolute atomic E-state index is 11.9. The summed E-state index contributed by atoms with van der Waals surface area (Å²) in [4.78, 5) is 23.6. The molecule has 0 atom stereocenters. The molecular formula is C17H15Cl2N3O2. The number of carbonyl (C=O) groups excluding carboxylic acids is 2. The van der Waals surface area contributed by atoms with E-state index in [1.165, 1.54) is 6.21 Å². The van der Waals surface area contributed by atoms with Gasteiger partial charge in [0.2, 0.25) is 0 Å². The predicted octanol–water partition coefficient (Wildman–Crippen LogP) is 3.18. The van der Waals surface area contributed by atoms with Crippen LogP contribution in [-0.4, -0.2) is 24.6 Å². The van der Waals surface area contributed by atoms with Gasteiger partial charge in [-0.25, -0.2) is 5.43 Å². The standard InChI is InChI=1S/C17H15Cl2N3O2/c1-11-5-7-12(8-6-11)17(24)20-10-15(23)22-21-9-13-3-2-4-14(18)16(13)19/h2-9H,10H2,1H3,(H,20,24)(H,22,23). The van der Waals surface area contributed by atoms with Crippen LogP contribution in [0, 0.1) is 6.92 Å². The molecule has 0 aliphatic heterocycles. The van der Waals surface area contributed by atoms with Gasteiger partial charge in [0.25, 0.3) is 11.8 Å². The first kappa shape index (κ1) is 18.0. The predicted molar refractivity (Wildman–Crippen MR) is 95.7 cm³/mol. The number of rotatable bonds is 5. The maximum Gasteiger partial charge on any atom is 0.259 e. The molecule has 2 amide bonds. The van der Waals surface area contributed by atoms with Gasteiger partial charge in [0.1, 0.15) is 0 Å². The van der Waals surface area contributed by atoms with E-state index in [0.29, 0.717) is 21.2 Å². The maximum atomic E-state index is 11.9. The molecule has 0 aliphatic carbocycles. The van der Waals surface area contributed by atoms with Crippen molar-refractivity contribution in [3.8, 4) is 0 Å². The van der Waals surface area contributed by atoms with Crippen molar-refractivity contribution in [2.45, 2.75) is 6.92 Å². The lowest BCUT2D eigenvalue weighted by atomic mass is 10.1. The highest BCUT2D eigenvalue weighted by atomic mass is 35.5. The van der Waals surface area contributed by atoms with E-state index in [-0.39, 0.29) is 12.5 Å². The number of hydrazone groups is 1. The van der Waals surface area contributed by atoms with Crippen LogP contribution < -0.4 is 10.7 Å². The van der Waals surface area contributed by atoms with Crippen LogP contribution in [0.5, 0.6) is 0 Å². The van der Waals surface area contributed by atoms with Crippen molar-refractivity contribution < 1.29 is 9.59 Å². The van der Waals surface area contributed by atoms with Gasteiger partial charge in [0, 0.05) is 11.1 Å². The van der Waals surface area contributed by atoms with Gasteiger partial charge < -0.3 is 5.32 Å². The Morgan fingerprint density at radius 2 is 1.83 bits per heavy atom. The fraction of sp³-hybridized carbons (Fsp3) is 0.118. The van der Waals surface area contributed by atoms with E-state index in [9.17, 15) is 9.59 Å². The third-order valence-electron chi connectivity index (χ3n) is 3.10. The molecule has 2 N–H and O–H groups in total. The largest absolute Gasteiger partial charge is 0.343 e. The molecule has 7 heteroatoms. The van der Waals surface area contributed by atoms with Crippen LogP contribution in [0.2, 0.25) is 10.0 Å². The lowest BCUT2D eigenvalue weighted by Gasteiger charge is -2.05. The number of carbonyl (C=O) groups is 2.